The van der Waals surface area contributed by atoms with Gasteiger partial charge in [-0.25, -0.2) is 4.79 Å². The largest absolute Gasteiger partial charge is 0.370 e. The van der Waals surface area contributed by atoms with Gasteiger partial charge in [-0.15, -0.1) is 0 Å². The lowest BCUT2D eigenvalue weighted by atomic mass is 10.3. The molecule has 0 atom stereocenters. The van der Waals surface area contributed by atoms with Crippen molar-refractivity contribution in [2.45, 2.75) is 6.92 Å². The minimum atomic E-state index is -0.472. The Morgan fingerprint density at radius 2 is 2.00 bits per heavy atom. The van der Waals surface area contributed by atoms with Crippen LogP contribution in [0.15, 0.2) is 39.8 Å². The van der Waals surface area contributed by atoms with Crippen molar-refractivity contribution in [2.24, 2.45) is 0 Å². The first kappa shape index (κ1) is 9.71. The highest BCUT2D eigenvalue weighted by atomic mass is 16.5. The number of hydrogen-bond acceptors (Lipinski definition) is 5. The normalized spacial score (nSPS) is 10.9. The number of rotatable bonds is 1. The molecule has 0 aliphatic rings. The molecule has 6 nitrogen and oxygen atoms in total. The van der Waals surface area contributed by atoms with Crippen molar-refractivity contribution in [2.75, 3.05) is 0 Å². The van der Waals surface area contributed by atoms with Gasteiger partial charge in [-0.2, -0.15) is 14.8 Å². The molecule has 0 aliphatic carbocycles. The lowest BCUT2D eigenvalue weighted by Gasteiger charge is -2.01. The molecule has 6 heteroatoms. The van der Waals surface area contributed by atoms with Gasteiger partial charge in [0, 0.05) is 5.56 Å². The first-order valence-electron chi connectivity index (χ1n) is 5.03. The lowest BCUT2D eigenvalue weighted by molar-refractivity contribution is 0.413. The van der Waals surface area contributed by atoms with E-state index >= 15 is 0 Å². The van der Waals surface area contributed by atoms with E-state index in [2.05, 4.69) is 15.2 Å². The Bertz CT molecular complexity index is 744. The molecule has 0 aliphatic heterocycles. The van der Waals surface area contributed by atoms with Crippen molar-refractivity contribution in [1.82, 2.24) is 19.9 Å². The molecular formula is C11H8N4O2. The minimum absolute atomic E-state index is 0.369. The summed E-state index contributed by atoms with van der Waals surface area (Å²) in [4.78, 5) is 15.7. The zero-order valence-electron chi connectivity index (χ0n) is 8.99. The summed E-state index contributed by atoms with van der Waals surface area (Å²) in [5, 5.41) is 7.94. The van der Waals surface area contributed by atoms with Crippen molar-refractivity contribution in [3.8, 4) is 5.82 Å². The monoisotopic (exact) mass is 228 g/mol. The summed E-state index contributed by atoms with van der Waals surface area (Å²) in [5.41, 5.74) is 1.46. The van der Waals surface area contributed by atoms with Crippen LogP contribution in [-0.2, 0) is 0 Å². The van der Waals surface area contributed by atoms with E-state index in [9.17, 15) is 4.79 Å². The van der Waals surface area contributed by atoms with E-state index in [0.29, 0.717) is 16.9 Å². The van der Waals surface area contributed by atoms with Crippen LogP contribution in [0.3, 0.4) is 0 Å². The third kappa shape index (κ3) is 1.50. The molecule has 0 spiro atoms. The Morgan fingerprint density at radius 1 is 1.24 bits per heavy atom. The number of nitrogens with zero attached hydrogens (tertiary/aromatic N) is 4. The van der Waals surface area contributed by atoms with Crippen LogP contribution in [-0.4, -0.2) is 19.9 Å². The average Bonchev–Trinajstić information content (AvgIpc) is 2.74. The van der Waals surface area contributed by atoms with Gasteiger partial charge >= 0.3 is 5.69 Å². The molecular weight excluding hydrogens is 220 g/mol. The molecule has 0 saturated carbocycles. The van der Waals surface area contributed by atoms with Crippen LogP contribution in [0.4, 0.5) is 0 Å². The van der Waals surface area contributed by atoms with Crippen LogP contribution in [0.5, 0.6) is 0 Å². The van der Waals surface area contributed by atoms with E-state index in [0.717, 1.165) is 10.2 Å². The van der Waals surface area contributed by atoms with E-state index in [1.807, 2.05) is 12.1 Å². The van der Waals surface area contributed by atoms with Crippen molar-refractivity contribution in [3.63, 3.8) is 0 Å². The second kappa shape index (κ2) is 3.51. The van der Waals surface area contributed by atoms with E-state index in [4.69, 9.17) is 4.52 Å². The number of para-hydroxylation sites is 1. The number of aryl methyl sites for hydroxylation is 1. The Kier molecular flexibility index (Phi) is 2.01. The molecule has 0 fully saturated rings. The van der Waals surface area contributed by atoms with Gasteiger partial charge in [0.1, 0.15) is 11.8 Å². The minimum Gasteiger partial charge on any atom is -0.362 e. The molecule has 0 bridgehead atoms. The summed E-state index contributed by atoms with van der Waals surface area (Å²) in [6, 6.07) is 7.17. The van der Waals surface area contributed by atoms with Crippen LogP contribution >= 0.6 is 0 Å². The van der Waals surface area contributed by atoms with E-state index in [-0.39, 0.29) is 0 Å². The molecule has 3 aromatic rings. The molecule has 84 valence electrons. The van der Waals surface area contributed by atoms with Crippen molar-refractivity contribution in [1.29, 1.82) is 0 Å². The van der Waals surface area contributed by atoms with Gasteiger partial charge in [0.05, 0.1) is 5.52 Å². The summed E-state index contributed by atoms with van der Waals surface area (Å²) in [5.74, 6) is 0.369. The molecule has 0 amide bonds. The van der Waals surface area contributed by atoms with Crippen LogP contribution < -0.4 is 5.69 Å². The van der Waals surface area contributed by atoms with Gasteiger partial charge in [0.25, 0.3) is 0 Å². The molecule has 0 saturated heterocycles. The molecule has 0 unspecified atom stereocenters. The predicted octanol–water partition coefficient (Wildman–Crippen LogP) is 1.08. The molecule has 2 aromatic heterocycles. The number of hydrogen-bond donors (Lipinski definition) is 0. The highest BCUT2D eigenvalue weighted by Crippen LogP contribution is 2.09. The molecule has 0 radical (unpaired) electrons. The third-order valence-electron chi connectivity index (χ3n) is 2.41. The number of aromatic nitrogens is 4. The summed E-state index contributed by atoms with van der Waals surface area (Å²) >= 11 is 0. The Morgan fingerprint density at radius 3 is 2.71 bits per heavy atom. The fraction of sp³-hybridized carbons (Fsp3) is 0.0909. The molecule has 3 rings (SSSR count). The van der Waals surface area contributed by atoms with Crippen molar-refractivity contribution >= 4 is 11.0 Å². The second-order valence-corrected chi connectivity index (χ2v) is 3.62. The summed E-state index contributed by atoms with van der Waals surface area (Å²) in [6.07, 6.45) is 1.46. The van der Waals surface area contributed by atoms with Gasteiger partial charge in [0.15, 0.2) is 0 Å². The summed E-state index contributed by atoms with van der Waals surface area (Å²) < 4.78 is 5.93. The summed E-state index contributed by atoms with van der Waals surface area (Å²) in [7, 11) is 0. The van der Waals surface area contributed by atoms with E-state index < -0.39 is 5.69 Å². The van der Waals surface area contributed by atoms with Crippen molar-refractivity contribution in [3.05, 3.63) is 46.6 Å². The highest BCUT2D eigenvalue weighted by Gasteiger charge is 2.10. The topological polar surface area (TPSA) is 73.8 Å². The number of fused-ring (bicyclic) bond motifs is 1. The molecule has 0 N–H and O–H groups in total. The Hall–Kier alpha value is -2.50. The predicted molar refractivity (Wildman–Crippen MR) is 59.9 cm³/mol. The van der Waals surface area contributed by atoms with Crippen LogP contribution in [0.2, 0.25) is 0 Å². The third-order valence-corrected chi connectivity index (χ3v) is 2.41. The van der Waals surface area contributed by atoms with Crippen molar-refractivity contribution < 1.29 is 4.52 Å². The van der Waals surface area contributed by atoms with Gasteiger partial charge in [0.2, 0.25) is 5.82 Å². The first-order chi connectivity index (χ1) is 8.25. The summed E-state index contributed by atoms with van der Waals surface area (Å²) in [6.45, 7) is 1.79. The quantitative estimate of drug-likeness (QED) is 0.623. The zero-order chi connectivity index (χ0) is 11.8. The maximum Gasteiger partial charge on any atom is 0.370 e. The smallest absolute Gasteiger partial charge is 0.362 e. The maximum atomic E-state index is 11.8. The fourth-order valence-corrected chi connectivity index (χ4v) is 1.57. The van der Waals surface area contributed by atoms with Gasteiger partial charge in [-0.05, 0) is 19.1 Å². The fourth-order valence-electron chi connectivity index (χ4n) is 1.57. The Labute approximate surface area is 95.5 Å². The SMILES string of the molecule is Cc1conc1-n1nc2ccccc2nc1=O. The molecule has 17 heavy (non-hydrogen) atoms. The van der Waals surface area contributed by atoms with Gasteiger partial charge in [-0.1, -0.05) is 17.3 Å². The van der Waals surface area contributed by atoms with Crippen LogP contribution in [0.1, 0.15) is 5.56 Å². The zero-order valence-corrected chi connectivity index (χ0v) is 8.99. The van der Waals surface area contributed by atoms with Gasteiger partial charge in [-0.3, -0.25) is 0 Å². The number of benzene rings is 1. The lowest BCUT2D eigenvalue weighted by Crippen LogP contribution is -2.24. The second-order valence-electron chi connectivity index (χ2n) is 3.62. The van der Waals surface area contributed by atoms with Crippen LogP contribution in [0.25, 0.3) is 16.9 Å². The van der Waals surface area contributed by atoms with E-state index in [1.165, 1.54) is 6.26 Å². The Balaban J connectivity index is 2.34. The van der Waals surface area contributed by atoms with Gasteiger partial charge < -0.3 is 4.52 Å². The molecule has 2 heterocycles. The highest BCUT2D eigenvalue weighted by molar-refractivity contribution is 5.72. The standard InChI is InChI=1S/C11H8N4O2/c1-7-6-17-14-10(7)15-11(16)12-8-4-2-3-5-9(8)13-15/h2-6H,1H3. The van der Waals surface area contributed by atoms with E-state index in [1.54, 1.807) is 19.1 Å². The van der Waals surface area contributed by atoms with Crippen LogP contribution in [0, 0.1) is 6.92 Å². The maximum absolute atomic E-state index is 11.8. The first-order valence-corrected chi connectivity index (χ1v) is 5.03. The molecule has 1 aromatic carbocycles. The average molecular weight is 228 g/mol.